The number of benzene rings is 4. The fourth-order valence-electron chi connectivity index (χ4n) is 3.91. The molecule has 0 aliphatic rings. The standard InChI is InChI=1S/C28H24ClFN2O3S/c1-20-10-8-9-15-24(20)28(21-11-4-2-5-12-21)31-27(33)19-32(22-16-17-26(30)25(29)18-22)36(34,35)23-13-6-3-7-14-23/h2-18,28H,19H2,1H3,(H,31,33)/t28-/m1/s1. The monoisotopic (exact) mass is 522 g/mol. The highest BCUT2D eigenvalue weighted by molar-refractivity contribution is 7.92. The van der Waals surface area contributed by atoms with Crippen LogP contribution in [0.2, 0.25) is 5.02 Å². The zero-order valence-electron chi connectivity index (χ0n) is 19.4. The molecule has 5 nitrogen and oxygen atoms in total. The van der Waals surface area contributed by atoms with Gasteiger partial charge >= 0.3 is 0 Å². The highest BCUT2D eigenvalue weighted by Crippen LogP contribution is 2.29. The van der Waals surface area contributed by atoms with Crippen LogP contribution in [0.4, 0.5) is 10.1 Å². The average molecular weight is 523 g/mol. The number of anilines is 1. The maximum atomic E-state index is 13.9. The summed E-state index contributed by atoms with van der Waals surface area (Å²) in [4.78, 5) is 13.4. The number of amides is 1. The smallest absolute Gasteiger partial charge is 0.264 e. The normalized spacial score (nSPS) is 12.1. The summed E-state index contributed by atoms with van der Waals surface area (Å²) in [6.45, 7) is 1.42. The molecule has 0 aliphatic carbocycles. The Labute approximate surface area is 215 Å². The molecule has 0 aliphatic heterocycles. The van der Waals surface area contributed by atoms with Crippen LogP contribution in [-0.2, 0) is 14.8 Å². The number of carbonyl (C=O) groups excluding carboxylic acids is 1. The first-order chi connectivity index (χ1) is 17.3. The summed E-state index contributed by atoms with van der Waals surface area (Å²) in [7, 11) is -4.16. The maximum absolute atomic E-state index is 13.9. The molecule has 1 N–H and O–H groups in total. The first-order valence-corrected chi connectivity index (χ1v) is 13.0. The van der Waals surface area contributed by atoms with E-state index in [0.717, 1.165) is 27.1 Å². The van der Waals surface area contributed by atoms with E-state index in [1.165, 1.54) is 24.3 Å². The van der Waals surface area contributed by atoms with Gasteiger partial charge in [0.25, 0.3) is 10.0 Å². The van der Waals surface area contributed by atoms with E-state index < -0.39 is 34.3 Å². The van der Waals surface area contributed by atoms with E-state index in [0.29, 0.717) is 0 Å². The van der Waals surface area contributed by atoms with Gasteiger partial charge in [-0.1, -0.05) is 84.4 Å². The lowest BCUT2D eigenvalue weighted by molar-refractivity contribution is -0.120. The first-order valence-electron chi connectivity index (χ1n) is 11.2. The molecule has 4 aromatic rings. The highest BCUT2D eigenvalue weighted by Gasteiger charge is 2.29. The van der Waals surface area contributed by atoms with Crippen LogP contribution < -0.4 is 9.62 Å². The number of nitrogens with one attached hydrogen (secondary N) is 1. The molecule has 0 spiro atoms. The molecule has 4 aromatic carbocycles. The molecule has 0 saturated carbocycles. The Morgan fingerprint density at radius 2 is 1.53 bits per heavy atom. The lowest BCUT2D eigenvalue weighted by Gasteiger charge is -2.27. The highest BCUT2D eigenvalue weighted by atomic mass is 35.5. The number of aryl methyl sites for hydroxylation is 1. The fourth-order valence-corrected chi connectivity index (χ4v) is 5.52. The number of sulfonamides is 1. The van der Waals surface area contributed by atoms with Crippen LogP contribution in [-0.4, -0.2) is 20.9 Å². The van der Waals surface area contributed by atoms with Crippen LogP contribution in [0.1, 0.15) is 22.7 Å². The number of carbonyl (C=O) groups is 1. The lowest BCUT2D eigenvalue weighted by Crippen LogP contribution is -2.42. The summed E-state index contributed by atoms with van der Waals surface area (Å²) in [5.74, 6) is -1.22. The van der Waals surface area contributed by atoms with Crippen molar-refractivity contribution < 1.29 is 17.6 Å². The van der Waals surface area contributed by atoms with Gasteiger partial charge in [0.2, 0.25) is 5.91 Å². The number of nitrogens with zero attached hydrogens (tertiary/aromatic N) is 1. The van der Waals surface area contributed by atoms with E-state index in [-0.39, 0.29) is 15.6 Å². The summed E-state index contributed by atoms with van der Waals surface area (Å²) in [6.07, 6.45) is 0. The Morgan fingerprint density at radius 1 is 0.917 bits per heavy atom. The summed E-state index contributed by atoms with van der Waals surface area (Å²) in [5, 5.41) is 2.74. The van der Waals surface area contributed by atoms with Gasteiger partial charge in [0.1, 0.15) is 12.4 Å². The van der Waals surface area contributed by atoms with Crippen LogP contribution in [0.3, 0.4) is 0 Å². The summed E-state index contributed by atoms with van der Waals surface area (Å²) in [5.41, 5.74) is 2.79. The molecule has 0 saturated heterocycles. The maximum Gasteiger partial charge on any atom is 0.264 e. The molecule has 36 heavy (non-hydrogen) atoms. The SMILES string of the molecule is Cc1ccccc1[C@H](NC(=O)CN(c1ccc(F)c(Cl)c1)S(=O)(=O)c1ccccc1)c1ccccc1. The molecule has 0 radical (unpaired) electrons. The van der Waals surface area contributed by atoms with Crippen molar-refractivity contribution in [3.8, 4) is 0 Å². The average Bonchev–Trinajstić information content (AvgIpc) is 2.89. The minimum absolute atomic E-state index is 0.00300. The third kappa shape index (κ3) is 5.58. The zero-order valence-corrected chi connectivity index (χ0v) is 21.0. The van der Waals surface area contributed by atoms with Crippen LogP contribution in [0.5, 0.6) is 0 Å². The van der Waals surface area contributed by atoms with Crippen molar-refractivity contribution in [2.24, 2.45) is 0 Å². The van der Waals surface area contributed by atoms with Gasteiger partial charge in [0.05, 0.1) is 21.6 Å². The minimum atomic E-state index is -4.16. The third-order valence-corrected chi connectivity index (χ3v) is 7.83. The van der Waals surface area contributed by atoms with Crippen molar-refractivity contribution in [2.45, 2.75) is 17.9 Å². The Bertz CT molecular complexity index is 1460. The molecular formula is C28H24ClFN2O3S. The van der Waals surface area contributed by atoms with Gasteiger partial charge in [-0.2, -0.15) is 0 Å². The van der Waals surface area contributed by atoms with Crippen LogP contribution >= 0.6 is 11.6 Å². The van der Waals surface area contributed by atoms with Gasteiger partial charge in [0.15, 0.2) is 0 Å². The fraction of sp³-hybridized carbons (Fsp3) is 0.107. The third-order valence-electron chi connectivity index (χ3n) is 5.75. The predicted molar refractivity (Wildman–Crippen MR) is 140 cm³/mol. The van der Waals surface area contributed by atoms with Gasteiger partial charge in [0, 0.05) is 0 Å². The second-order valence-corrected chi connectivity index (χ2v) is 10.5. The Morgan fingerprint density at radius 3 is 2.17 bits per heavy atom. The van der Waals surface area contributed by atoms with Crippen molar-refractivity contribution in [2.75, 3.05) is 10.8 Å². The van der Waals surface area contributed by atoms with E-state index in [9.17, 15) is 17.6 Å². The van der Waals surface area contributed by atoms with Crippen LogP contribution in [0, 0.1) is 12.7 Å². The van der Waals surface area contributed by atoms with E-state index >= 15 is 0 Å². The molecule has 0 aromatic heterocycles. The molecule has 0 heterocycles. The predicted octanol–water partition coefficient (Wildman–Crippen LogP) is 5.89. The summed E-state index contributed by atoms with van der Waals surface area (Å²) >= 11 is 5.96. The quantitative estimate of drug-likeness (QED) is 0.314. The van der Waals surface area contributed by atoms with Crippen LogP contribution in [0.25, 0.3) is 0 Å². The number of rotatable bonds is 8. The van der Waals surface area contributed by atoms with Crippen molar-refractivity contribution in [1.29, 1.82) is 0 Å². The molecule has 4 rings (SSSR count). The van der Waals surface area contributed by atoms with Gasteiger partial charge in [-0.25, -0.2) is 12.8 Å². The lowest BCUT2D eigenvalue weighted by atomic mass is 9.95. The number of halogens is 2. The molecule has 0 bridgehead atoms. The van der Waals surface area contributed by atoms with Gasteiger partial charge in [-0.3, -0.25) is 9.10 Å². The van der Waals surface area contributed by atoms with E-state index in [1.807, 2.05) is 61.5 Å². The van der Waals surface area contributed by atoms with E-state index in [2.05, 4.69) is 5.32 Å². The van der Waals surface area contributed by atoms with Crippen molar-refractivity contribution in [1.82, 2.24) is 5.32 Å². The second kappa shape index (κ2) is 10.9. The van der Waals surface area contributed by atoms with Gasteiger partial charge in [-0.15, -0.1) is 0 Å². The molecule has 184 valence electrons. The Balaban J connectivity index is 1.71. The molecule has 1 amide bonds. The van der Waals surface area contributed by atoms with Crippen molar-refractivity contribution in [3.05, 3.63) is 131 Å². The van der Waals surface area contributed by atoms with E-state index in [1.54, 1.807) is 18.2 Å². The first kappa shape index (κ1) is 25.4. The minimum Gasteiger partial charge on any atom is -0.344 e. The largest absolute Gasteiger partial charge is 0.344 e. The van der Waals surface area contributed by atoms with Gasteiger partial charge < -0.3 is 5.32 Å². The Hall–Kier alpha value is -3.68. The van der Waals surface area contributed by atoms with E-state index in [4.69, 9.17) is 11.6 Å². The summed E-state index contributed by atoms with van der Waals surface area (Å²) < 4.78 is 41.9. The molecular weight excluding hydrogens is 499 g/mol. The zero-order chi connectivity index (χ0) is 25.7. The van der Waals surface area contributed by atoms with Crippen molar-refractivity contribution >= 4 is 33.2 Å². The molecule has 0 fully saturated rings. The molecule has 0 unspecified atom stereocenters. The molecule has 8 heteroatoms. The topological polar surface area (TPSA) is 66.5 Å². The molecule has 1 atom stereocenters. The Kier molecular flexibility index (Phi) is 7.72. The second-order valence-electron chi connectivity index (χ2n) is 8.19. The van der Waals surface area contributed by atoms with Crippen molar-refractivity contribution in [3.63, 3.8) is 0 Å². The van der Waals surface area contributed by atoms with Crippen LogP contribution in [0.15, 0.2) is 108 Å². The number of hydrogen-bond acceptors (Lipinski definition) is 3. The summed E-state index contributed by atoms with van der Waals surface area (Å²) in [6, 6.07) is 27.9. The number of hydrogen-bond donors (Lipinski definition) is 1. The van der Waals surface area contributed by atoms with Gasteiger partial charge in [-0.05, 0) is 53.9 Å².